The summed E-state index contributed by atoms with van der Waals surface area (Å²) in [7, 11) is 1.67. The minimum atomic E-state index is -0.317. The van der Waals surface area contributed by atoms with Crippen LogP contribution in [0, 0.1) is 5.82 Å². The highest BCUT2D eigenvalue weighted by molar-refractivity contribution is 5.82. The second-order valence-corrected chi connectivity index (χ2v) is 7.55. The van der Waals surface area contributed by atoms with Crippen molar-refractivity contribution < 1.29 is 9.18 Å². The number of carbonyl (C=O) groups is 1. The first kappa shape index (κ1) is 32.5. The van der Waals surface area contributed by atoms with Gasteiger partial charge in [-0.2, -0.15) is 0 Å². The third-order valence-corrected chi connectivity index (χ3v) is 4.77. The van der Waals surface area contributed by atoms with Gasteiger partial charge in [-0.05, 0) is 88.5 Å². The van der Waals surface area contributed by atoms with E-state index < -0.39 is 0 Å². The van der Waals surface area contributed by atoms with E-state index in [1.807, 2.05) is 52.8 Å². The Balaban J connectivity index is 0. The predicted molar refractivity (Wildman–Crippen MR) is 147 cm³/mol. The molecule has 0 saturated heterocycles. The summed E-state index contributed by atoms with van der Waals surface area (Å²) in [6, 6.07) is 4.47. The number of nitrogens with zero attached hydrogens (tertiary/aromatic N) is 1. The average Bonchev–Trinajstić information content (AvgIpc) is 2.80. The average molecular weight is 456 g/mol. The Bertz CT molecular complexity index is 837. The van der Waals surface area contributed by atoms with Gasteiger partial charge >= 0.3 is 0 Å². The van der Waals surface area contributed by atoms with Gasteiger partial charge in [-0.15, -0.1) is 0 Å². The topological polar surface area (TPSA) is 20.3 Å². The number of amides is 1. The molecule has 0 saturated carbocycles. The van der Waals surface area contributed by atoms with Crippen molar-refractivity contribution in [1.29, 1.82) is 0 Å². The molecule has 0 aromatic heterocycles. The van der Waals surface area contributed by atoms with Gasteiger partial charge in [-0.25, -0.2) is 4.39 Å². The lowest BCUT2D eigenvalue weighted by Crippen LogP contribution is -2.15. The molecule has 1 rings (SSSR count). The van der Waals surface area contributed by atoms with Crippen molar-refractivity contribution in [2.24, 2.45) is 0 Å². The maximum Gasteiger partial charge on any atom is 0.213 e. The smallest absolute Gasteiger partial charge is 0.213 e. The Hall–Kier alpha value is -2.68. The summed E-state index contributed by atoms with van der Waals surface area (Å²) in [5.41, 5.74) is 6.04. The highest BCUT2D eigenvalue weighted by atomic mass is 19.1. The van der Waals surface area contributed by atoms with E-state index in [1.54, 1.807) is 13.1 Å². The molecule has 3 heteroatoms. The second kappa shape index (κ2) is 20.0. The molecule has 2 nitrogen and oxygen atoms in total. The SMILES string of the molecule is C/C=C\C.CC.CC\C=C(C)/C(=C\C=C(\C)CCC)C(/C)=C/c1cc(F)ccc1N(C)C=O. The zero-order chi connectivity index (χ0) is 25.8. The van der Waals surface area contributed by atoms with E-state index in [0.29, 0.717) is 11.3 Å². The maximum atomic E-state index is 13.8. The summed E-state index contributed by atoms with van der Waals surface area (Å²) in [4.78, 5) is 12.6. The van der Waals surface area contributed by atoms with Crippen LogP contribution >= 0.6 is 0 Å². The quantitative estimate of drug-likeness (QED) is 0.206. The van der Waals surface area contributed by atoms with Crippen LogP contribution in [0.1, 0.15) is 87.1 Å². The van der Waals surface area contributed by atoms with Crippen LogP contribution < -0.4 is 4.90 Å². The van der Waals surface area contributed by atoms with Gasteiger partial charge in [0.05, 0.1) is 5.69 Å². The van der Waals surface area contributed by atoms with Gasteiger partial charge in [0.1, 0.15) is 5.82 Å². The summed E-state index contributed by atoms with van der Waals surface area (Å²) < 4.78 is 13.8. The number of rotatable bonds is 9. The Morgan fingerprint density at radius 2 is 1.61 bits per heavy atom. The van der Waals surface area contributed by atoms with E-state index in [1.165, 1.54) is 28.2 Å². The summed E-state index contributed by atoms with van der Waals surface area (Å²) in [5, 5.41) is 0. The van der Waals surface area contributed by atoms with E-state index in [-0.39, 0.29) is 5.82 Å². The van der Waals surface area contributed by atoms with Gasteiger partial charge in [-0.1, -0.05) is 70.1 Å². The number of hydrogen-bond acceptors (Lipinski definition) is 1. The summed E-state index contributed by atoms with van der Waals surface area (Å²) in [6.07, 6.45) is 16.3. The van der Waals surface area contributed by atoms with Crippen molar-refractivity contribution in [3.05, 3.63) is 82.3 Å². The summed E-state index contributed by atoms with van der Waals surface area (Å²) >= 11 is 0. The molecule has 0 aliphatic rings. The van der Waals surface area contributed by atoms with Crippen molar-refractivity contribution in [3.63, 3.8) is 0 Å². The number of hydrogen-bond donors (Lipinski definition) is 0. The monoisotopic (exact) mass is 455 g/mol. The minimum Gasteiger partial charge on any atom is -0.317 e. The Labute approximate surface area is 203 Å². The first-order chi connectivity index (χ1) is 15.7. The third-order valence-electron chi connectivity index (χ3n) is 4.77. The number of halogens is 1. The van der Waals surface area contributed by atoms with Gasteiger partial charge < -0.3 is 4.90 Å². The van der Waals surface area contributed by atoms with Crippen LogP contribution in [0.2, 0.25) is 0 Å². The molecule has 33 heavy (non-hydrogen) atoms. The molecule has 0 unspecified atom stereocenters. The number of carbonyl (C=O) groups excluding carboxylic acids is 1. The first-order valence-electron chi connectivity index (χ1n) is 12.0. The molecular weight excluding hydrogens is 409 g/mol. The number of allylic oxidation sites excluding steroid dienone is 9. The molecule has 0 N–H and O–H groups in total. The van der Waals surface area contributed by atoms with Crippen LogP contribution in [0.4, 0.5) is 10.1 Å². The second-order valence-electron chi connectivity index (χ2n) is 7.55. The Kier molecular flexibility index (Phi) is 19.7. The zero-order valence-corrected chi connectivity index (χ0v) is 22.6. The zero-order valence-electron chi connectivity index (χ0n) is 22.6. The molecule has 1 aromatic rings. The van der Waals surface area contributed by atoms with Crippen molar-refractivity contribution in [2.75, 3.05) is 11.9 Å². The van der Waals surface area contributed by atoms with Gasteiger partial charge in [0, 0.05) is 12.6 Å². The van der Waals surface area contributed by atoms with E-state index in [2.05, 4.69) is 45.9 Å². The number of benzene rings is 1. The molecule has 1 amide bonds. The lowest BCUT2D eigenvalue weighted by atomic mass is 9.95. The lowest BCUT2D eigenvalue weighted by Gasteiger charge is -2.16. The van der Waals surface area contributed by atoms with E-state index in [0.717, 1.165) is 36.8 Å². The molecule has 0 atom stereocenters. The fourth-order valence-electron chi connectivity index (χ4n) is 3.02. The number of anilines is 1. The van der Waals surface area contributed by atoms with Crippen LogP contribution in [0.5, 0.6) is 0 Å². The largest absolute Gasteiger partial charge is 0.317 e. The maximum absolute atomic E-state index is 13.8. The molecule has 0 bridgehead atoms. The molecule has 0 fully saturated rings. The van der Waals surface area contributed by atoms with Crippen molar-refractivity contribution in [2.45, 2.75) is 81.6 Å². The van der Waals surface area contributed by atoms with Crippen molar-refractivity contribution >= 4 is 18.2 Å². The van der Waals surface area contributed by atoms with Crippen LogP contribution in [0.25, 0.3) is 6.08 Å². The van der Waals surface area contributed by atoms with Crippen molar-refractivity contribution in [3.8, 4) is 0 Å². The molecule has 0 aliphatic heterocycles. The Morgan fingerprint density at radius 1 is 1.00 bits per heavy atom. The van der Waals surface area contributed by atoms with Crippen LogP contribution in [0.15, 0.2) is 70.9 Å². The molecular formula is C30H46FNO. The summed E-state index contributed by atoms with van der Waals surface area (Å²) in [5.74, 6) is -0.317. The Morgan fingerprint density at radius 3 is 2.09 bits per heavy atom. The van der Waals surface area contributed by atoms with Crippen molar-refractivity contribution in [1.82, 2.24) is 0 Å². The van der Waals surface area contributed by atoms with E-state index >= 15 is 0 Å². The van der Waals surface area contributed by atoms with Crippen LogP contribution in [-0.4, -0.2) is 13.5 Å². The summed E-state index contributed by atoms with van der Waals surface area (Å²) in [6.45, 7) is 18.5. The fraction of sp³-hybridized carbons (Fsp3) is 0.433. The molecule has 184 valence electrons. The molecule has 0 heterocycles. The normalized spacial score (nSPS) is 12.6. The predicted octanol–water partition coefficient (Wildman–Crippen LogP) is 9.46. The third kappa shape index (κ3) is 13.5. The molecule has 0 aliphatic carbocycles. The minimum absolute atomic E-state index is 0.317. The highest BCUT2D eigenvalue weighted by Gasteiger charge is 2.09. The molecule has 1 aromatic carbocycles. The molecule has 0 radical (unpaired) electrons. The lowest BCUT2D eigenvalue weighted by molar-refractivity contribution is -0.107. The molecule has 0 spiro atoms. The highest BCUT2D eigenvalue weighted by Crippen LogP contribution is 2.27. The standard InChI is InChI=1S/C24H32FNO.C4H8.C2H6/c1-7-9-18(3)11-13-23(19(4)10-8-2)20(5)15-21-16-22(25)12-14-24(21)26(6)17-27;1-3-4-2;1-2/h10-17H,7-9H2,1-6H3;3-4H,1-2H3;1-2H3/b18-11-,19-10-,20-15+,23-13+;4-3-;. The van der Waals surface area contributed by atoms with Gasteiger partial charge in [-0.3, -0.25) is 4.79 Å². The van der Waals surface area contributed by atoms with E-state index in [4.69, 9.17) is 0 Å². The van der Waals surface area contributed by atoms with Gasteiger partial charge in [0.25, 0.3) is 0 Å². The van der Waals surface area contributed by atoms with Gasteiger partial charge in [0.2, 0.25) is 6.41 Å². The van der Waals surface area contributed by atoms with Crippen LogP contribution in [0.3, 0.4) is 0 Å². The van der Waals surface area contributed by atoms with Gasteiger partial charge in [0.15, 0.2) is 0 Å². The van der Waals surface area contributed by atoms with E-state index in [9.17, 15) is 9.18 Å². The first-order valence-corrected chi connectivity index (χ1v) is 12.0. The fourth-order valence-corrected chi connectivity index (χ4v) is 3.02. The van der Waals surface area contributed by atoms with Crippen LogP contribution in [-0.2, 0) is 4.79 Å².